The summed E-state index contributed by atoms with van der Waals surface area (Å²) < 4.78 is 11.4. The van der Waals surface area contributed by atoms with E-state index in [1.54, 1.807) is 6.07 Å². The van der Waals surface area contributed by atoms with Gasteiger partial charge in [0.05, 0.1) is 19.3 Å². The molecule has 0 aliphatic carbocycles. The summed E-state index contributed by atoms with van der Waals surface area (Å²) in [7, 11) is 0. The molecule has 0 aliphatic rings. The Morgan fingerprint density at radius 3 is 2.48 bits per heavy atom. The molecule has 21 heavy (non-hydrogen) atoms. The number of aliphatic hydroxyl groups excluding tert-OH is 1. The summed E-state index contributed by atoms with van der Waals surface area (Å²) in [6.07, 6.45) is 0.0533. The van der Waals surface area contributed by atoms with E-state index < -0.39 is 0 Å². The predicted molar refractivity (Wildman–Crippen MR) is 86.4 cm³/mol. The molecule has 0 aliphatic heterocycles. The Morgan fingerprint density at radius 1 is 1.29 bits per heavy atom. The molecule has 1 aromatic rings. The van der Waals surface area contributed by atoms with Crippen LogP contribution in [0.4, 0.5) is 0 Å². The molecule has 1 rings (SSSR count). The molecule has 0 saturated carbocycles. The monoisotopic (exact) mass is 315 g/mol. The van der Waals surface area contributed by atoms with Crippen molar-refractivity contribution in [1.82, 2.24) is 5.32 Å². The van der Waals surface area contributed by atoms with Gasteiger partial charge in [-0.2, -0.15) is 0 Å². The van der Waals surface area contributed by atoms with E-state index in [4.69, 9.17) is 21.1 Å². The van der Waals surface area contributed by atoms with Crippen molar-refractivity contribution in [3.63, 3.8) is 0 Å². The van der Waals surface area contributed by atoms with E-state index in [0.29, 0.717) is 29.7 Å². The lowest BCUT2D eigenvalue weighted by Crippen LogP contribution is -2.42. The molecule has 0 bridgehead atoms. The minimum Gasteiger partial charge on any atom is -0.490 e. The number of hydrogen-bond acceptors (Lipinski definition) is 4. The summed E-state index contributed by atoms with van der Waals surface area (Å²) in [6, 6.07) is 3.68. The molecule has 0 heterocycles. The maximum Gasteiger partial charge on any atom is 0.163 e. The van der Waals surface area contributed by atoms with Gasteiger partial charge in [-0.05, 0) is 46.2 Å². The van der Waals surface area contributed by atoms with Gasteiger partial charge in [0.25, 0.3) is 0 Å². The number of ether oxygens (including phenoxy) is 2. The van der Waals surface area contributed by atoms with Crippen molar-refractivity contribution < 1.29 is 14.6 Å². The Morgan fingerprint density at radius 2 is 1.95 bits per heavy atom. The van der Waals surface area contributed by atoms with Crippen LogP contribution < -0.4 is 14.8 Å². The summed E-state index contributed by atoms with van der Waals surface area (Å²) in [4.78, 5) is 0. The van der Waals surface area contributed by atoms with Crippen molar-refractivity contribution in [2.45, 2.75) is 52.8 Å². The largest absolute Gasteiger partial charge is 0.490 e. The zero-order chi connectivity index (χ0) is 16.0. The highest BCUT2D eigenvalue weighted by molar-refractivity contribution is 6.31. The highest BCUT2D eigenvalue weighted by atomic mass is 35.5. The first-order chi connectivity index (χ1) is 9.79. The number of benzene rings is 1. The van der Waals surface area contributed by atoms with E-state index in [-0.39, 0.29) is 18.2 Å². The summed E-state index contributed by atoms with van der Waals surface area (Å²) in [5.41, 5.74) is 0.556. The van der Waals surface area contributed by atoms with Gasteiger partial charge in [0, 0.05) is 23.2 Å². The second kappa shape index (κ2) is 7.87. The smallest absolute Gasteiger partial charge is 0.163 e. The van der Waals surface area contributed by atoms with Crippen LogP contribution in [-0.2, 0) is 6.54 Å². The molecule has 0 radical (unpaired) electrons. The summed E-state index contributed by atoms with van der Waals surface area (Å²) in [6.45, 7) is 10.9. The third-order valence-electron chi connectivity index (χ3n) is 2.93. The zero-order valence-electron chi connectivity index (χ0n) is 13.5. The lowest BCUT2D eigenvalue weighted by molar-refractivity contribution is 0.187. The maximum absolute atomic E-state index is 9.28. The fourth-order valence-electron chi connectivity index (χ4n) is 1.72. The highest BCUT2D eigenvalue weighted by Gasteiger charge is 2.17. The minimum absolute atomic E-state index is 0.0531. The standard InChI is InChI=1S/C16H26ClNO3/c1-6-20-14-7-12(9-18-16(4,5)10-19)13(17)8-15(14)21-11(2)3/h7-8,11,18-19H,6,9-10H2,1-5H3. The van der Waals surface area contributed by atoms with Crippen LogP contribution in [0, 0.1) is 0 Å². The Bertz CT molecular complexity index is 461. The lowest BCUT2D eigenvalue weighted by Gasteiger charge is -2.24. The van der Waals surface area contributed by atoms with Crippen LogP contribution >= 0.6 is 11.6 Å². The van der Waals surface area contributed by atoms with Gasteiger partial charge in [0.15, 0.2) is 11.5 Å². The first-order valence-electron chi connectivity index (χ1n) is 7.27. The Kier molecular flexibility index (Phi) is 6.78. The molecule has 2 N–H and O–H groups in total. The van der Waals surface area contributed by atoms with Gasteiger partial charge in [0.2, 0.25) is 0 Å². The van der Waals surface area contributed by atoms with Crippen molar-refractivity contribution >= 4 is 11.6 Å². The Balaban J connectivity index is 2.97. The average molecular weight is 316 g/mol. The van der Waals surface area contributed by atoms with Crippen molar-refractivity contribution in [2.75, 3.05) is 13.2 Å². The molecule has 0 saturated heterocycles. The third kappa shape index (κ3) is 5.73. The van der Waals surface area contributed by atoms with Crippen LogP contribution in [0.2, 0.25) is 5.02 Å². The first-order valence-corrected chi connectivity index (χ1v) is 7.64. The number of nitrogens with one attached hydrogen (secondary N) is 1. The van der Waals surface area contributed by atoms with Crippen molar-refractivity contribution in [1.29, 1.82) is 0 Å². The Labute approximate surface area is 132 Å². The molecule has 0 spiro atoms. The van der Waals surface area contributed by atoms with Gasteiger partial charge in [-0.15, -0.1) is 0 Å². The van der Waals surface area contributed by atoms with E-state index in [2.05, 4.69) is 5.32 Å². The van der Waals surface area contributed by atoms with Crippen LogP contribution in [0.1, 0.15) is 40.2 Å². The minimum atomic E-state index is -0.359. The van der Waals surface area contributed by atoms with Gasteiger partial charge >= 0.3 is 0 Å². The number of rotatable bonds is 8. The molecule has 5 heteroatoms. The lowest BCUT2D eigenvalue weighted by atomic mass is 10.1. The maximum atomic E-state index is 9.28. The molecule has 0 amide bonds. The average Bonchev–Trinajstić information content (AvgIpc) is 2.40. The van der Waals surface area contributed by atoms with E-state index in [9.17, 15) is 5.11 Å². The molecule has 0 unspecified atom stereocenters. The van der Waals surface area contributed by atoms with E-state index in [0.717, 1.165) is 5.56 Å². The second-order valence-corrected chi connectivity index (χ2v) is 6.29. The predicted octanol–water partition coefficient (Wildman–Crippen LogP) is 3.39. The molecular formula is C16H26ClNO3. The van der Waals surface area contributed by atoms with Gasteiger partial charge in [-0.3, -0.25) is 0 Å². The van der Waals surface area contributed by atoms with Gasteiger partial charge in [-0.25, -0.2) is 0 Å². The fourth-order valence-corrected chi connectivity index (χ4v) is 1.94. The quantitative estimate of drug-likeness (QED) is 0.772. The fraction of sp³-hybridized carbons (Fsp3) is 0.625. The van der Waals surface area contributed by atoms with Crippen LogP contribution in [0.25, 0.3) is 0 Å². The topological polar surface area (TPSA) is 50.7 Å². The molecule has 0 aromatic heterocycles. The number of halogens is 1. The normalized spacial score (nSPS) is 11.8. The van der Waals surface area contributed by atoms with Crippen LogP contribution in [0.5, 0.6) is 11.5 Å². The molecule has 0 fully saturated rings. The van der Waals surface area contributed by atoms with Crippen molar-refractivity contribution in [2.24, 2.45) is 0 Å². The van der Waals surface area contributed by atoms with E-state index >= 15 is 0 Å². The third-order valence-corrected chi connectivity index (χ3v) is 3.28. The molecular weight excluding hydrogens is 290 g/mol. The van der Waals surface area contributed by atoms with Gasteiger partial charge < -0.3 is 19.9 Å². The van der Waals surface area contributed by atoms with Crippen LogP contribution in [-0.4, -0.2) is 30.0 Å². The number of aliphatic hydroxyl groups is 1. The molecule has 0 atom stereocenters. The summed E-state index contributed by atoms with van der Waals surface area (Å²) >= 11 is 6.32. The summed E-state index contributed by atoms with van der Waals surface area (Å²) in [5, 5.41) is 13.2. The van der Waals surface area contributed by atoms with Crippen LogP contribution in [0.15, 0.2) is 12.1 Å². The second-order valence-electron chi connectivity index (χ2n) is 5.89. The van der Waals surface area contributed by atoms with Crippen LogP contribution in [0.3, 0.4) is 0 Å². The molecule has 120 valence electrons. The molecule has 4 nitrogen and oxygen atoms in total. The van der Waals surface area contributed by atoms with Gasteiger partial charge in [-0.1, -0.05) is 11.6 Å². The van der Waals surface area contributed by atoms with Gasteiger partial charge in [0.1, 0.15) is 0 Å². The SMILES string of the molecule is CCOc1cc(CNC(C)(C)CO)c(Cl)cc1OC(C)C. The van der Waals surface area contributed by atoms with Crippen molar-refractivity contribution in [3.8, 4) is 11.5 Å². The van der Waals surface area contributed by atoms with E-state index in [1.165, 1.54) is 0 Å². The summed E-state index contributed by atoms with van der Waals surface area (Å²) in [5.74, 6) is 1.34. The number of hydrogen-bond donors (Lipinski definition) is 2. The Hall–Kier alpha value is -0.970. The highest BCUT2D eigenvalue weighted by Crippen LogP contribution is 2.34. The van der Waals surface area contributed by atoms with E-state index in [1.807, 2.05) is 40.7 Å². The first kappa shape index (κ1) is 18.1. The molecule has 1 aromatic carbocycles. The van der Waals surface area contributed by atoms with Crippen molar-refractivity contribution in [3.05, 3.63) is 22.7 Å². The zero-order valence-corrected chi connectivity index (χ0v) is 14.3.